The topological polar surface area (TPSA) is 24.9 Å². The van der Waals surface area contributed by atoms with Crippen LogP contribution in [-0.4, -0.2) is 57.4 Å². The summed E-state index contributed by atoms with van der Waals surface area (Å²) in [6.45, 7) is 3.98. The van der Waals surface area contributed by atoms with Crippen LogP contribution in [0.25, 0.3) is 0 Å². The highest BCUT2D eigenvalue weighted by molar-refractivity contribution is 5.51. The van der Waals surface area contributed by atoms with Gasteiger partial charge in [0.05, 0.1) is 19.3 Å². The number of morpholine rings is 2. The molecular formula is C14H20N2O2. The molecule has 2 unspecified atom stereocenters. The summed E-state index contributed by atoms with van der Waals surface area (Å²) in [7, 11) is 3.88. The number of likely N-dealkylation sites (N-methyl/N-ethyl adjacent to an activating group) is 1. The molecule has 0 amide bonds. The Morgan fingerprint density at radius 1 is 1.17 bits per heavy atom. The normalized spacial score (nSPS) is 28.2. The molecule has 1 aromatic carbocycles. The Balaban J connectivity index is 1.77. The van der Waals surface area contributed by atoms with Gasteiger partial charge >= 0.3 is 0 Å². The van der Waals surface area contributed by atoms with Crippen LogP contribution in [0, 0.1) is 0 Å². The zero-order chi connectivity index (χ0) is 12.5. The summed E-state index contributed by atoms with van der Waals surface area (Å²) >= 11 is 0. The van der Waals surface area contributed by atoms with E-state index >= 15 is 0 Å². The molecule has 2 bridgehead atoms. The van der Waals surface area contributed by atoms with Crippen LogP contribution < -0.4 is 9.64 Å². The van der Waals surface area contributed by atoms with Crippen LogP contribution in [0.4, 0.5) is 5.69 Å². The van der Waals surface area contributed by atoms with Crippen molar-refractivity contribution in [2.24, 2.45) is 0 Å². The SMILES string of the molecule is COc1cccc(N2CC3CN(C)CC(C2)O3)c1. The van der Waals surface area contributed by atoms with Crippen molar-refractivity contribution in [3.8, 4) is 5.75 Å². The number of nitrogens with zero attached hydrogens (tertiary/aromatic N) is 2. The molecule has 4 heteroatoms. The van der Waals surface area contributed by atoms with E-state index in [4.69, 9.17) is 9.47 Å². The zero-order valence-electron chi connectivity index (χ0n) is 11.0. The van der Waals surface area contributed by atoms with Gasteiger partial charge in [-0.1, -0.05) is 6.07 Å². The Kier molecular flexibility index (Phi) is 3.14. The summed E-state index contributed by atoms with van der Waals surface area (Å²) in [5.74, 6) is 0.918. The van der Waals surface area contributed by atoms with Crippen LogP contribution in [0.5, 0.6) is 5.75 Å². The third kappa shape index (κ3) is 2.31. The van der Waals surface area contributed by atoms with Crippen LogP contribution >= 0.6 is 0 Å². The van der Waals surface area contributed by atoms with E-state index in [1.165, 1.54) is 5.69 Å². The monoisotopic (exact) mass is 248 g/mol. The lowest BCUT2D eigenvalue weighted by Gasteiger charge is -2.45. The molecule has 98 valence electrons. The molecule has 2 saturated heterocycles. The maximum absolute atomic E-state index is 5.99. The van der Waals surface area contributed by atoms with Gasteiger partial charge in [0.25, 0.3) is 0 Å². The largest absolute Gasteiger partial charge is 0.497 e. The van der Waals surface area contributed by atoms with E-state index in [-0.39, 0.29) is 0 Å². The number of hydrogen-bond donors (Lipinski definition) is 0. The standard InChI is InChI=1S/C14H20N2O2/c1-15-7-13-9-16(10-14(8-15)18-13)11-4-3-5-12(6-11)17-2/h3-6,13-14H,7-10H2,1-2H3. The number of benzene rings is 1. The number of methoxy groups -OCH3 is 1. The molecule has 0 saturated carbocycles. The Labute approximate surface area is 108 Å². The van der Waals surface area contributed by atoms with Crippen molar-refractivity contribution < 1.29 is 9.47 Å². The van der Waals surface area contributed by atoms with E-state index in [9.17, 15) is 0 Å². The number of anilines is 1. The maximum Gasteiger partial charge on any atom is 0.120 e. The van der Waals surface area contributed by atoms with Crippen LogP contribution in [0.3, 0.4) is 0 Å². The first-order chi connectivity index (χ1) is 8.74. The molecule has 3 rings (SSSR count). The first-order valence-electron chi connectivity index (χ1n) is 6.47. The van der Waals surface area contributed by atoms with Crippen LogP contribution in [0.15, 0.2) is 24.3 Å². The summed E-state index contributed by atoms with van der Waals surface area (Å²) in [6.07, 6.45) is 0.655. The lowest BCUT2D eigenvalue weighted by molar-refractivity contribution is -0.0875. The minimum Gasteiger partial charge on any atom is -0.497 e. The van der Waals surface area contributed by atoms with Gasteiger partial charge in [-0.25, -0.2) is 0 Å². The van der Waals surface area contributed by atoms with E-state index < -0.39 is 0 Å². The lowest BCUT2D eigenvalue weighted by Crippen LogP contribution is -2.58. The maximum atomic E-state index is 5.99. The van der Waals surface area contributed by atoms with E-state index in [1.807, 2.05) is 12.1 Å². The molecule has 2 atom stereocenters. The molecule has 0 N–H and O–H groups in total. The number of ether oxygens (including phenoxy) is 2. The smallest absolute Gasteiger partial charge is 0.120 e. The van der Waals surface area contributed by atoms with Gasteiger partial charge in [0.2, 0.25) is 0 Å². The molecule has 0 spiro atoms. The van der Waals surface area contributed by atoms with E-state index in [2.05, 4.69) is 29.0 Å². The van der Waals surface area contributed by atoms with Gasteiger partial charge in [-0.2, -0.15) is 0 Å². The predicted molar refractivity (Wildman–Crippen MR) is 71.4 cm³/mol. The first-order valence-corrected chi connectivity index (χ1v) is 6.47. The molecule has 0 aliphatic carbocycles. The van der Waals surface area contributed by atoms with Crippen molar-refractivity contribution >= 4 is 5.69 Å². The Hall–Kier alpha value is -1.26. The van der Waals surface area contributed by atoms with Gasteiger partial charge in [-0.15, -0.1) is 0 Å². The molecule has 0 radical (unpaired) electrons. The highest BCUT2D eigenvalue weighted by atomic mass is 16.5. The van der Waals surface area contributed by atoms with Gasteiger partial charge in [-0.3, -0.25) is 0 Å². The molecule has 2 heterocycles. The van der Waals surface area contributed by atoms with Crippen molar-refractivity contribution in [1.82, 2.24) is 4.90 Å². The van der Waals surface area contributed by atoms with E-state index in [0.717, 1.165) is 31.9 Å². The fraction of sp³-hybridized carbons (Fsp3) is 0.571. The molecule has 2 aliphatic rings. The molecule has 2 aliphatic heterocycles. The lowest BCUT2D eigenvalue weighted by atomic mass is 10.1. The summed E-state index contributed by atoms with van der Waals surface area (Å²) in [5, 5.41) is 0. The van der Waals surface area contributed by atoms with Gasteiger partial charge in [0, 0.05) is 37.9 Å². The van der Waals surface area contributed by atoms with Gasteiger partial charge in [0.15, 0.2) is 0 Å². The Morgan fingerprint density at radius 3 is 2.56 bits per heavy atom. The zero-order valence-corrected chi connectivity index (χ0v) is 11.0. The summed E-state index contributed by atoms with van der Waals surface area (Å²) in [4.78, 5) is 4.77. The van der Waals surface area contributed by atoms with Crippen LogP contribution in [0.2, 0.25) is 0 Å². The highest BCUT2D eigenvalue weighted by Gasteiger charge is 2.33. The van der Waals surface area contributed by atoms with Gasteiger partial charge < -0.3 is 19.3 Å². The predicted octanol–water partition coefficient (Wildman–Crippen LogP) is 1.21. The molecule has 1 aromatic rings. The van der Waals surface area contributed by atoms with Gasteiger partial charge in [0.1, 0.15) is 5.75 Å². The second-order valence-electron chi connectivity index (χ2n) is 5.21. The second kappa shape index (κ2) is 4.78. The third-order valence-electron chi connectivity index (χ3n) is 3.68. The average Bonchev–Trinajstić information content (AvgIpc) is 2.37. The minimum absolute atomic E-state index is 0.328. The Bertz CT molecular complexity index is 406. The summed E-state index contributed by atoms with van der Waals surface area (Å²) < 4.78 is 11.3. The molecule has 4 nitrogen and oxygen atoms in total. The van der Waals surface area contributed by atoms with Crippen molar-refractivity contribution in [2.75, 3.05) is 45.2 Å². The third-order valence-corrected chi connectivity index (χ3v) is 3.68. The molecular weight excluding hydrogens is 228 g/mol. The minimum atomic E-state index is 0.328. The molecule has 18 heavy (non-hydrogen) atoms. The van der Waals surface area contributed by atoms with Crippen LogP contribution in [0.1, 0.15) is 0 Å². The summed E-state index contributed by atoms with van der Waals surface area (Å²) in [6, 6.07) is 8.28. The van der Waals surface area contributed by atoms with Crippen molar-refractivity contribution in [1.29, 1.82) is 0 Å². The fourth-order valence-electron chi connectivity index (χ4n) is 2.91. The average molecular weight is 248 g/mol. The van der Waals surface area contributed by atoms with Gasteiger partial charge in [-0.05, 0) is 19.2 Å². The molecule has 0 aromatic heterocycles. The number of rotatable bonds is 2. The Morgan fingerprint density at radius 2 is 1.89 bits per heavy atom. The number of hydrogen-bond acceptors (Lipinski definition) is 4. The fourth-order valence-corrected chi connectivity index (χ4v) is 2.91. The van der Waals surface area contributed by atoms with Crippen molar-refractivity contribution in [2.45, 2.75) is 12.2 Å². The number of fused-ring (bicyclic) bond motifs is 2. The quantitative estimate of drug-likeness (QED) is 0.785. The molecule has 2 fully saturated rings. The summed E-state index contributed by atoms with van der Waals surface area (Å²) in [5.41, 5.74) is 1.23. The second-order valence-corrected chi connectivity index (χ2v) is 5.21. The van der Waals surface area contributed by atoms with E-state index in [0.29, 0.717) is 12.2 Å². The van der Waals surface area contributed by atoms with E-state index in [1.54, 1.807) is 7.11 Å². The first kappa shape index (κ1) is 11.8. The van der Waals surface area contributed by atoms with Crippen molar-refractivity contribution in [3.05, 3.63) is 24.3 Å². The van der Waals surface area contributed by atoms with Crippen LogP contribution in [-0.2, 0) is 4.74 Å². The van der Waals surface area contributed by atoms with Crippen molar-refractivity contribution in [3.63, 3.8) is 0 Å². The highest BCUT2D eigenvalue weighted by Crippen LogP contribution is 2.26.